The molecular formula is C12H15FO. The Morgan fingerprint density at radius 2 is 2.07 bits per heavy atom. The summed E-state index contributed by atoms with van der Waals surface area (Å²) in [6.45, 7) is 4.35. The third-order valence-electron chi connectivity index (χ3n) is 1.91. The van der Waals surface area contributed by atoms with Crippen molar-refractivity contribution in [3.63, 3.8) is 0 Å². The standard InChI is InChI=1S/C12H15FO/c1-2-12(13)8-9-14-10-11-6-4-3-5-7-11/h2-7,12H,1,8-10H2/t12-/m1/s1. The van der Waals surface area contributed by atoms with Crippen LogP contribution in [0.2, 0.25) is 0 Å². The molecule has 0 amide bonds. The SMILES string of the molecule is C=C[C@@H](F)CCOCc1ccccc1. The first-order chi connectivity index (χ1) is 6.83. The Morgan fingerprint density at radius 1 is 1.36 bits per heavy atom. The van der Waals surface area contributed by atoms with E-state index in [4.69, 9.17) is 4.74 Å². The monoisotopic (exact) mass is 194 g/mol. The van der Waals surface area contributed by atoms with Crippen LogP contribution in [0.1, 0.15) is 12.0 Å². The summed E-state index contributed by atoms with van der Waals surface area (Å²) in [5.74, 6) is 0. The van der Waals surface area contributed by atoms with Crippen molar-refractivity contribution in [2.45, 2.75) is 19.2 Å². The van der Waals surface area contributed by atoms with E-state index >= 15 is 0 Å². The summed E-state index contributed by atoms with van der Waals surface area (Å²) in [7, 11) is 0. The Morgan fingerprint density at radius 3 is 2.71 bits per heavy atom. The molecule has 76 valence electrons. The summed E-state index contributed by atoms with van der Waals surface area (Å²) in [6, 6.07) is 9.85. The molecule has 1 nitrogen and oxygen atoms in total. The summed E-state index contributed by atoms with van der Waals surface area (Å²) < 4.78 is 18.0. The Labute approximate surface area is 84.2 Å². The maximum Gasteiger partial charge on any atom is 0.120 e. The molecule has 0 aliphatic heterocycles. The quantitative estimate of drug-likeness (QED) is 0.499. The number of benzene rings is 1. The molecule has 0 unspecified atom stereocenters. The van der Waals surface area contributed by atoms with E-state index in [9.17, 15) is 4.39 Å². The highest BCUT2D eigenvalue weighted by Gasteiger charge is 1.99. The lowest BCUT2D eigenvalue weighted by Gasteiger charge is -2.04. The first-order valence-corrected chi connectivity index (χ1v) is 4.71. The molecule has 0 aromatic heterocycles. The van der Waals surface area contributed by atoms with Gasteiger partial charge in [-0.2, -0.15) is 0 Å². The normalized spacial score (nSPS) is 12.4. The van der Waals surface area contributed by atoms with Crippen molar-refractivity contribution >= 4 is 0 Å². The van der Waals surface area contributed by atoms with Crippen LogP contribution in [0.5, 0.6) is 0 Å². The summed E-state index contributed by atoms with van der Waals surface area (Å²) >= 11 is 0. The van der Waals surface area contributed by atoms with Gasteiger partial charge in [-0.05, 0) is 5.56 Å². The Hall–Kier alpha value is -1.15. The molecule has 0 spiro atoms. The van der Waals surface area contributed by atoms with Gasteiger partial charge in [0.1, 0.15) is 6.17 Å². The average molecular weight is 194 g/mol. The van der Waals surface area contributed by atoms with Gasteiger partial charge in [-0.25, -0.2) is 4.39 Å². The lowest BCUT2D eigenvalue weighted by Crippen LogP contribution is -2.02. The van der Waals surface area contributed by atoms with Crippen LogP contribution in [0, 0.1) is 0 Å². The van der Waals surface area contributed by atoms with Gasteiger partial charge < -0.3 is 4.74 Å². The topological polar surface area (TPSA) is 9.23 Å². The van der Waals surface area contributed by atoms with Gasteiger partial charge >= 0.3 is 0 Å². The van der Waals surface area contributed by atoms with Crippen molar-refractivity contribution in [1.29, 1.82) is 0 Å². The molecule has 0 radical (unpaired) electrons. The molecule has 0 aliphatic carbocycles. The van der Waals surface area contributed by atoms with Crippen LogP contribution >= 0.6 is 0 Å². The molecule has 0 bridgehead atoms. The van der Waals surface area contributed by atoms with Crippen LogP contribution in [-0.2, 0) is 11.3 Å². The molecule has 0 saturated heterocycles. The summed E-state index contributed by atoms with van der Waals surface area (Å²) in [4.78, 5) is 0. The van der Waals surface area contributed by atoms with Crippen molar-refractivity contribution in [3.05, 3.63) is 48.6 Å². The predicted octanol–water partition coefficient (Wildman–Crippen LogP) is 3.12. The van der Waals surface area contributed by atoms with Crippen molar-refractivity contribution in [2.24, 2.45) is 0 Å². The van der Waals surface area contributed by atoms with E-state index < -0.39 is 6.17 Å². The second-order valence-electron chi connectivity index (χ2n) is 3.08. The van der Waals surface area contributed by atoms with Gasteiger partial charge in [0.15, 0.2) is 0 Å². The highest BCUT2D eigenvalue weighted by atomic mass is 19.1. The third-order valence-corrected chi connectivity index (χ3v) is 1.91. The zero-order valence-electron chi connectivity index (χ0n) is 8.16. The zero-order chi connectivity index (χ0) is 10.2. The maximum absolute atomic E-state index is 12.7. The number of hydrogen-bond donors (Lipinski definition) is 0. The fourth-order valence-electron chi connectivity index (χ4n) is 1.08. The van der Waals surface area contributed by atoms with E-state index in [0.717, 1.165) is 5.56 Å². The van der Waals surface area contributed by atoms with E-state index in [-0.39, 0.29) is 0 Å². The fraction of sp³-hybridized carbons (Fsp3) is 0.333. The Bertz CT molecular complexity index is 258. The minimum Gasteiger partial charge on any atom is -0.377 e. The summed E-state index contributed by atoms with van der Waals surface area (Å²) in [6.07, 6.45) is 0.730. The molecule has 1 aromatic rings. The second kappa shape index (κ2) is 6.33. The van der Waals surface area contributed by atoms with Gasteiger partial charge in [-0.1, -0.05) is 36.4 Å². The van der Waals surface area contributed by atoms with Crippen LogP contribution < -0.4 is 0 Å². The molecule has 2 heteroatoms. The minimum absolute atomic E-state index is 0.385. The first kappa shape index (κ1) is 10.9. The molecule has 0 heterocycles. The van der Waals surface area contributed by atoms with Crippen LogP contribution in [0.4, 0.5) is 4.39 Å². The number of allylic oxidation sites excluding steroid dienone is 1. The van der Waals surface area contributed by atoms with E-state index in [1.165, 1.54) is 6.08 Å². The van der Waals surface area contributed by atoms with Crippen molar-refractivity contribution in [1.82, 2.24) is 0 Å². The van der Waals surface area contributed by atoms with Gasteiger partial charge in [0.2, 0.25) is 0 Å². The van der Waals surface area contributed by atoms with Crippen LogP contribution in [0.15, 0.2) is 43.0 Å². The maximum atomic E-state index is 12.7. The largest absolute Gasteiger partial charge is 0.377 e. The summed E-state index contributed by atoms with van der Waals surface area (Å²) in [5.41, 5.74) is 1.11. The number of ether oxygens (including phenoxy) is 1. The van der Waals surface area contributed by atoms with Crippen molar-refractivity contribution in [3.8, 4) is 0 Å². The number of alkyl halides is 1. The molecule has 1 atom stereocenters. The molecule has 1 aromatic carbocycles. The van der Waals surface area contributed by atoms with Crippen LogP contribution in [0.25, 0.3) is 0 Å². The molecule has 0 N–H and O–H groups in total. The minimum atomic E-state index is -0.953. The van der Waals surface area contributed by atoms with Crippen LogP contribution in [-0.4, -0.2) is 12.8 Å². The van der Waals surface area contributed by atoms with E-state index in [1.54, 1.807) is 0 Å². The van der Waals surface area contributed by atoms with Crippen molar-refractivity contribution in [2.75, 3.05) is 6.61 Å². The number of halogens is 1. The number of rotatable bonds is 6. The lowest BCUT2D eigenvalue weighted by molar-refractivity contribution is 0.106. The average Bonchev–Trinajstić information content (AvgIpc) is 2.25. The fourth-order valence-corrected chi connectivity index (χ4v) is 1.08. The van der Waals surface area contributed by atoms with E-state index in [1.807, 2.05) is 30.3 Å². The van der Waals surface area contributed by atoms with Gasteiger partial charge in [0, 0.05) is 6.42 Å². The molecule has 0 aliphatic rings. The zero-order valence-corrected chi connectivity index (χ0v) is 8.16. The number of hydrogen-bond acceptors (Lipinski definition) is 1. The molecule has 0 fully saturated rings. The molecule has 0 saturated carbocycles. The van der Waals surface area contributed by atoms with E-state index in [0.29, 0.717) is 19.6 Å². The van der Waals surface area contributed by atoms with Crippen LogP contribution in [0.3, 0.4) is 0 Å². The highest BCUT2D eigenvalue weighted by molar-refractivity contribution is 5.13. The Kier molecular flexibility index (Phi) is 4.94. The third kappa shape index (κ3) is 4.19. The smallest absolute Gasteiger partial charge is 0.120 e. The van der Waals surface area contributed by atoms with Gasteiger partial charge in [-0.15, -0.1) is 6.58 Å². The Balaban J connectivity index is 2.13. The van der Waals surface area contributed by atoms with Gasteiger partial charge in [-0.3, -0.25) is 0 Å². The molecule has 1 rings (SSSR count). The predicted molar refractivity (Wildman–Crippen MR) is 55.8 cm³/mol. The van der Waals surface area contributed by atoms with Gasteiger partial charge in [0.05, 0.1) is 13.2 Å². The first-order valence-electron chi connectivity index (χ1n) is 4.71. The lowest BCUT2D eigenvalue weighted by atomic mass is 10.2. The van der Waals surface area contributed by atoms with E-state index in [2.05, 4.69) is 6.58 Å². The summed E-state index contributed by atoms with van der Waals surface area (Å²) in [5, 5.41) is 0. The van der Waals surface area contributed by atoms with Gasteiger partial charge in [0.25, 0.3) is 0 Å². The molecule has 14 heavy (non-hydrogen) atoms. The van der Waals surface area contributed by atoms with Crippen molar-refractivity contribution < 1.29 is 9.13 Å². The molecular weight excluding hydrogens is 179 g/mol. The second-order valence-corrected chi connectivity index (χ2v) is 3.08. The highest BCUT2D eigenvalue weighted by Crippen LogP contribution is 2.03.